The van der Waals surface area contributed by atoms with E-state index in [1.165, 1.54) is 0 Å². The lowest BCUT2D eigenvalue weighted by molar-refractivity contribution is 0.0718. The third-order valence-electron chi connectivity index (χ3n) is 3.27. The maximum Gasteiger partial charge on any atom is 0.132 e. The first kappa shape index (κ1) is 13.8. The topological polar surface area (TPSA) is 44.5 Å². The minimum absolute atomic E-state index is 0.0555. The molecule has 102 valence electrons. The summed E-state index contributed by atoms with van der Waals surface area (Å²) in [5, 5.41) is 2.26. The maximum atomic E-state index is 6.03. The standard InChI is InChI=1S/C16H21NO2/c1-11(18-3)10-19-16-14(12(2)17)9-8-13-6-4-5-7-15(13)16/h4-9,11-12H,10,17H2,1-3H3/t11?,12-/m1/s1. The average Bonchev–Trinajstić information content (AvgIpc) is 2.43. The first-order valence-corrected chi connectivity index (χ1v) is 6.56. The van der Waals surface area contributed by atoms with Gasteiger partial charge in [0.05, 0.1) is 6.10 Å². The molecule has 0 radical (unpaired) electrons. The second-order valence-electron chi connectivity index (χ2n) is 4.85. The van der Waals surface area contributed by atoms with Gasteiger partial charge < -0.3 is 15.2 Å². The number of fused-ring (bicyclic) bond motifs is 1. The summed E-state index contributed by atoms with van der Waals surface area (Å²) in [6.07, 6.45) is 0.0555. The zero-order valence-corrected chi connectivity index (χ0v) is 11.7. The highest BCUT2D eigenvalue weighted by Gasteiger charge is 2.13. The van der Waals surface area contributed by atoms with Crippen molar-refractivity contribution in [3.05, 3.63) is 42.0 Å². The molecule has 0 amide bonds. The van der Waals surface area contributed by atoms with E-state index < -0.39 is 0 Å². The molecule has 0 aliphatic carbocycles. The van der Waals surface area contributed by atoms with Gasteiger partial charge in [0, 0.05) is 24.1 Å². The second kappa shape index (κ2) is 6.04. The van der Waals surface area contributed by atoms with Crippen LogP contribution in [0.25, 0.3) is 10.8 Å². The van der Waals surface area contributed by atoms with Gasteiger partial charge >= 0.3 is 0 Å². The van der Waals surface area contributed by atoms with Gasteiger partial charge in [-0.2, -0.15) is 0 Å². The van der Waals surface area contributed by atoms with Gasteiger partial charge in [-0.15, -0.1) is 0 Å². The summed E-state index contributed by atoms with van der Waals surface area (Å²) in [5.41, 5.74) is 7.06. The van der Waals surface area contributed by atoms with Crippen LogP contribution in [0.15, 0.2) is 36.4 Å². The van der Waals surface area contributed by atoms with E-state index in [1.807, 2.05) is 32.0 Å². The van der Waals surface area contributed by atoms with Crippen molar-refractivity contribution >= 4 is 10.8 Å². The highest BCUT2D eigenvalue weighted by atomic mass is 16.5. The van der Waals surface area contributed by atoms with E-state index in [0.717, 1.165) is 22.1 Å². The molecule has 0 aliphatic rings. The van der Waals surface area contributed by atoms with Crippen molar-refractivity contribution in [1.82, 2.24) is 0 Å². The van der Waals surface area contributed by atoms with E-state index in [0.29, 0.717) is 6.61 Å². The van der Waals surface area contributed by atoms with Crippen LogP contribution in [0.5, 0.6) is 5.75 Å². The minimum Gasteiger partial charge on any atom is -0.490 e. The van der Waals surface area contributed by atoms with Crippen LogP contribution < -0.4 is 10.5 Å². The van der Waals surface area contributed by atoms with Crippen LogP contribution in [-0.4, -0.2) is 19.8 Å². The van der Waals surface area contributed by atoms with E-state index in [1.54, 1.807) is 7.11 Å². The first-order chi connectivity index (χ1) is 9.13. The number of rotatable bonds is 5. The van der Waals surface area contributed by atoms with Crippen LogP contribution in [0.3, 0.4) is 0 Å². The second-order valence-corrected chi connectivity index (χ2v) is 4.85. The van der Waals surface area contributed by atoms with Crippen LogP contribution in [0.1, 0.15) is 25.5 Å². The largest absolute Gasteiger partial charge is 0.490 e. The summed E-state index contributed by atoms with van der Waals surface area (Å²) in [4.78, 5) is 0. The monoisotopic (exact) mass is 259 g/mol. The predicted molar refractivity (Wildman–Crippen MR) is 78.5 cm³/mol. The molecular formula is C16H21NO2. The van der Waals surface area contributed by atoms with Crippen LogP contribution in [0.2, 0.25) is 0 Å². The lowest BCUT2D eigenvalue weighted by Crippen LogP contribution is -2.17. The molecule has 2 N–H and O–H groups in total. The quantitative estimate of drug-likeness (QED) is 0.896. The molecule has 0 aliphatic heterocycles. The van der Waals surface area contributed by atoms with Gasteiger partial charge in [0.1, 0.15) is 12.4 Å². The Morgan fingerprint density at radius 3 is 2.53 bits per heavy atom. The molecule has 0 saturated heterocycles. The maximum absolute atomic E-state index is 6.03. The summed E-state index contributed by atoms with van der Waals surface area (Å²) < 4.78 is 11.2. The van der Waals surface area contributed by atoms with Gasteiger partial charge in [0.15, 0.2) is 0 Å². The van der Waals surface area contributed by atoms with Crippen molar-refractivity contribution in [1.29, 1.82) is 0 Å². The highest BCUT2D eigenvalue weighted by Crippen LogP contribution is 2.33. The third-order valence-corrected chi connectivity index (χ3v) is 3.27. The summed E-state index contributed by atoms with van der Waals surface area (Å²) in [6.45, 7) is 4.47. The summed E-state index contributed by atoms with van der Waals surface area (Å²) >= 11 is 0. The Bertz CT molecular complexity index is 551. The zero-order chi connectivity index (χ0) is 13.8. The molecule has 0 heterocycles. The number of benzene rings is 2. The Morgan fingerprint density at radius 1 is 1.11 bits per heavy atom. The Balaban J connectivity index is 2.43. The highest BCUT2D eigenvalue weighted by molar-refractivity contribution is 5.89. The minimum atomic E-state index is -0.0579. The number of ether oxygens (including phenoxy) is 2. The van der Waals surface area contributed by atoms with Gasteiger partial charge in [0.25, 0.3) is 0 Å². The van der Waals surface area contributed by atoms with Gasteiger partial charge in [-0.1, -0.05) is 36.4 Å². The normalized spacial score (nSPS) is 14.3. The van der Waals surface area contributed by atoms with Gasteiger partial charge in [-0.05, 0) is 19.2 Å². The van der Waals surface area contributed by atoms with Crippen LogP contribution >= 0.6 is 0 Å². The van der Waals surface area contributed by atoms with Crippen LogP contribution in [-0.2, 0) is 4.74 Å². The molecule has 3 heteroatoms. The molecule has 2 rings (SSSR count). The molecule has 2 atom stereocenters. The molecule has 1 unspecified atom stereocenters. The van der Waals surface area contributed by atoms with Crippen LogP contribution in [0, 0.1) is 0 Å². The first-order valence-electron chi connectivity index (χ1n) is 6.56. The number of hydrogen-bond donors (Lipinski definition) is 1. The van der Waals surface area contributed by atoms with Crippen LogP contribution in [0.4, 0.5) is 0 Å². The van der Waals surface area contributed by atoms with Crippen molar-refractivity contribution < 1.29 is 9.47 Å². The van der Waals surface area contributed by atoms with Crippen molar-refractivity contribution in [2.45, 2.75) is 26.0 Å². The predicted octanol–water partition coefficient (Wildman–Crippen LogP) is 3.27. The van der Waals surface area contributed by atoms with E-state index in [4.69, 9.17) is 15.2 Å². The fourth-order valence-corrected chi connectivity index (χ4v) is 2.05. The average molecular weight is 259 g/mol. The summed E-state index contributed by atoms with van der Waals surface area (Å²) in [5.74, 6) is 0.872. The molecule has 2 aromatic carbocycles. The molecule has 0 saturated carbocycles. The number of methoxy groups -OCH3 is 1. The van der Waals surface area contributed by atoms with Gasteiger partial charge in [0.2, 0.25) is 0 Å². The Kier molecular flexibility index (Phi) is 4.40. The number of hydrogen-bond acceptors (Lipinski definition) is 3. The smallest absolute Gasteiger partial charge is 0.132 e. The summed E-state index contributed by atoms with van der Waals surface area (Å²) in [6, 6.07) is 12.2. The Labute approximate surface area is 114 Å². The molecule has 0 fully saturated rings. The van der Waals surface area contributed by atoms with E-state index in [-0.39, 0.29) is 12.1 Å². The lowest BCUT2D eigenvalue weighted by Gasteiger charge is -2.18. The van der Waals surface area contributed by atoms with E-state index >= 15 is 0 Å². The third kappa shape index (κ3) is 3.06. The van der Waals surface area contributed by atoms with Gasteiger partial charge in [-0.3, -0.25) is 0 Å². The number of nitrogens with two attached hydrogens (primary N) is 1. The van der Waals surface area contributed by atoms with Crippen molar-refractivity contribution in [2.24, 2.45) is 5.73 Å². The van der Waals surface area contributed by atoms with E-state index in [2.05, 4.69) is 18.2 Å². The zero-order valence-electron chi connectivity index (χ0n) is 11.7. The fraction of sp³-hybridized carbons (Fsp3) is 0.375. The molecule has 19 heavy (non-hydrogen) atoms. The molecule has 2 aromatic rings. The van der Waals surface area contributed by atoms with Gasteiger partial charge in [-0.25, -0.2) is 0 Å². The summed E-state index contributed by atoms with van der Waals surface area (Å²) in [7, 11) is 1.68. The lowest BCUT2D eigenvalue weighted by atomic mass is 10.0. The van der Waals surface area contributed by atoms with Crippen molar-refractivity contribution in [2.75, 3.05) is 13.7 Å². The molecular weight excluding hydrogens is 238 g/mol. The molecule has 0 bridgehead atoms. The fourth-order valence-electron chi connectivity index (χ4n) is 2.05. The SMILES string of the molecule is COC(C)COc1c([C@@H](C)N)ccc2ccccc12. The Morgan fingerprint density at radius 2 is 1.84 bits per heavy atom. The molecule has 0 aromatic heterocycles. The van der Waals surface area contributed by atoms with E-state index in [9.17, 15) is 0 Å². The molecule has 3 nitrogen and oxygen atoms in total. The Hall–Kier alpha value is -1.58. The van der Waals surface area contributed by atoms with Crippen molar-refractivity contribution in [3.63, 3.8) is 0 Å². The van der Waals surface area contributed by atoms with Crippen molar-refractivity contribution in [3.8, 4) is 5.75 Å². The molecule has 0 spiro atoms.